The molecular formula is C16H17BrFNO. The molecule has 0 bridgehead atoms. The third-order valence-electron chi connectivity index (χ3n) is 3.29. The highest BCUT2D eigenvalue weighted by Gasteiger charge is 2.14. The minimum Gasteiger partial charge on any atom is -0.496 e. The number of hydrogen-bond acceptors (Lipinski definition) is 2. The molecule has 0 spiro atoms. The van der Waals surface area contributed by atoms with Crippen LogP contribution in [0.5, 0.6) is 5.75 Å². The van der Waals surface area contributed by atoms with E-state index in [1.54, 1.807) is 13.2 Å². The smallest absolute Gasteiger partial charge is 0.133 e. The quantitative estimate of drug-likeness (QED) is 0.886. The predicted octanol–water partition coefficient (Wildman–Crippen LogP) is 4.10. The van der Waals surface area contributed by atoms with Crippen molar-refractivity contribution in [1.29, 1.82) is 0 Å². The monoisotopic (exact) mass is 337 g/mol. The van der Waals surface area contributed by atoms with Gasteiger partial charge in [0.25, 0.3) is 0 Å². The highest BCUT2D eigenvalue weighted by Crippen LogP contribution is 2.28. The molecule has 4 heteroatoms. The summed E-state index contributed by atoms with van der Waals surface area (Å²) in [6, 6.07) is 12.7. The van der Waals surface area contributed by atoms with Gasteiger partial charge in [-0.05, 0) is 53.2 Å². The topological polar surface area (TPSA) is 21.3 Å². The van der Waals surface area contributed by atoms with E-state index in [9.17, 15) is 4.39 Å². The van der Waals surface area contributed by atoms with Crippen molar-refractivity contribution in [1.82, 2.24) is 5.32 Å². The van der Waals surface area contributed by atoms with E-state index in [0.29, 0.717) is 12.0 Å². The third kappa shape index (κ3) is 3.38. The Hall–Kier alpha value is -1.39. The van der Waals surface area contributed by atoms with Crippen LogP contribution in [0.4, 0.5) is 4.39 Å². The standard InChI is InChI=1S/C16H17BrFNO/c1-19-15(12-5-3-4-6-14(12)18)10-11-7-8-16(20-2)13(17)9-11/h3-9,15,19H,10H2,1-2H3. The SMILES string of the molecule is CNC(Cc1ccc(OC)c(Br)c1)c1ccccc1F. The fourth-order valence-corrected chi connectivity index (χ4v) is 2.79. The maximum absolute atomic E-state index is 13.9. The summed E-state index contributed by atoms with van der Waals surface area (Å²) in [5.41, 5.74) is 1.79. The molecule has 0 saturated heterocycles. The highest BCUT2D eigenvalue weighted by atomic mass is 79.9. The summed E-state index contributed by atoms with van der Waals surface area (Å²) < 4.78 is 20.0. The number of benzene rings is 2. The van der Waals surface area contributed by atoms with Crippen molar-refractivity contribution in [2.75, 3.05) is 14.2 Å². The highest BCUT2D eigenvalue weighted by molar-refractivity contribution is 9.10. The summed E-state index contributed by atoms with van der Waals surface area (Å²) in [4.78, 5) is 0. The summed E-state index contributed by atoms with van der Waals surface area (Å²) in [5.74, 6) is 0.611. The van der Waals surface area contributed by atoms with Crippen LogP contribution in [0.2, 0.25) is 0 Å². The molecule has 106 valence electrons. The van der Waals surface area contributed by atoms with E-state index < -0.39 is 0 Å². The van der Waals surface area contributed by atoms with Crippen molar-refractivity contribution >= 4 is 15.9 Å². The van der Waals surface area contributed by atoms with E-state index >= 15 is 0 Å². The summed E-state index contributed by atoms with van der Waals surface area (Å²) in [6.45, 7) is 0. The van der Waals surface area contributed by atoms with Crippen LogP contribution in [0.3, 0.4) is 0 Å². The molecule has 2 aromatic rings. The molecule has 2 rings (SSSR count). The lowest BCUT2D eigenvalue weighted by Gasteiger charge is -2.18. The van der Waals surface area contributed by atoms with E-state index in [2.05, 4.69) is 21.2 Å². The fourth-order valence-electron chi connectivity index (χ4n) is 2.20. The number of hydrogen-bond donors (Lipinski definition) is 1. The molecule has 0 amide bonds. The first-order valence-corrected chi connectivity index (χ1v) is 7.19. The summed E-state index contributed by atoms with van der Waals surface area (Å²) in [7, 11) is 3.48. The van der Waals surface area contributed by atoms with Crippen LogP contribution < -0.4 is 10.1 Å². The van der Waals surface area contributed by atoms with E-state index in [1.807, 2.05) is 37.4 Å². The first-order chi connectivity index (χ1) is 9.65. The molecule has 1 atom stereocenters. The Morgan fingerprint density at radius 1 is 1.25 bits per heavy atom. The Bertz CT molecular complexity index is 588. The largest absolute Gasteiger partial charge is 0.496 e. The Kier molecular flexibility index (Phi) is 5.15. The molecule has 0 aromatic heterocycles. The van der Waals surface area contributed by atoms with Crippen LogP contribution in [0.1, 0.15) is 17.2 Å². The molecule has 1 N–H and O–H groups in total. The van der Waals surface area contributed by atoms with Gasteiger partial charge in [-0.2, -0.15) is 0 Å². The van der Waals surface area contributed by atoms with E-state index in [4.69, 9.17) is 4.74 Å². The van der Waals surface area contributed by atoms with Gasteiger partial charge in [-0.15, -0.1) is 0 Å². The second-order valence-corrected chi connectivity index (χ2v) is 5.39. The van der Waals surface area contributed by atoms with Gasteiger partial charge >= 0.3 is 0 Å². The van der Waals surface area contributed by atoms with Crippen molar-refractivity contribution in [2.24, 2.45) is 0 Å². The number of halogens is 2. The van der Waals surface area contributed by atoms with Crippen molar-refractivity contribution in [3.05, 3.63) is 63.9 Å². The molecule has 0 fully saturated rings. The zero-order valence-electron chi connectivity index (χ0n) is 11.5. The number of methoxy groups -OCH3 is 1. The normalized spacial score (nSPS) is 12.2. The fraction of sp³-hybridized carbons (Fsp3) is 0.250. The van der Waals surface area contributed by atoms with Crippen molar-refractivity contribution < 1.29 is 9.13 Å². The lowest BCUT2D eigenvalue weighted by atomic mass is 9.98. The van der Waals surface area contributed by atoms with E-state index in [1.165, 1.54) is 6.07 Å². The molecule has 0 heterocycles. The second-order valence-electron chi connectivity index (χ2n) is 4.54. The summed E-state index contributed by atoms with van der Waals surface area (Å²) in [6.07, 6.45) is 0.708. The van der Waals surface area contributed by atoms with Crippen molar-refractivity contribution in [3.8, 4) is 5.75 Å². The van der Waals surface area contributed by atoms with Crippen molar-refractivity contribution in [2.45, 2.75) is 12.5 Å². The molecule has 0 aliphatic carbocycles. The third-order valence-corrected chi connectivity index (χ3v) is 3.90. The van der Waals surface area contributed by atoms with Gasteiger partial charge in [-0.25, -0.2) is 4.39 Å². The predicted molar refractivity (Wildman–Crippen MR) is 82.6 cm³/mol. The average Bonchev–Trinajstić information content (AvgIpc) is 2.46. The van der Waals surface area contributed by atoms with Gasteiger partial charge in [0.1, 0.15) is 11.6 Å². The van der Waals surface area contributed by atoms with Gasteiger partial charge in [0.15, 0.2) is 0 Å². The molecule has 0 saturated carbocycles. The Balaban J connectivity index is 2.23. The van der Waals surface area contributed by atoms with Gasteiger partial charge in [-0.1, -0.05) is 24.3 Å². The zero-order valence-corrected chi connectivity index (χ0v) is 13.1. The molecule has 1 unspecified atom stereocenters. The van der Waals surface area contributed by atoms with E-state index in [-0.39, 0.29) is 11.9 Å². The van der Waals surface area contributed by atoms with E-state index in [0.717, 1.165) is 15.8 Å². The van der Waals surface area contributed by atoms with Crippen LogP contribution in [0.15, 0.2) is 46.9 Å². The molecular weight excluding hydrogens is 321 g/mol. The minimum absolute atomic E-state index is 0.0588. The van der Waals surface area contributed by atoms with Crippen LogP contribution >= 0.6 is 15.9 Å². The van der Waals surface area contributed by atoms with Crippen LogP contribution in [0, 0.1) is 5.82 Å². The molecule has 2 nitrogen and oxygen atoms in total. The van der Waals surface area contributed by atoms with Crippen LogP contribution in [-0.4, -0.2) is 14.2 Å². The van der Waals surface area contributed by atoms with Gasteiger partial charge in [0, 0.05) is 11.6 Å². The Morgan fingerprint density at radius 3 is 2.60 bits per heavy atom. The number of rotatable bonds is 5. The summed E-state index contributed by atoms with van der Waals surface area (Å²) in [5, 5.41) is 3.17. The van der Waals surface area contributed by atoms with Gasteiger partial charge < -0.3 is 10.1 Å². The molecule has 20 heavy (non-hydrogen) atoms. The summed E-state index contributed by atoms with van der Waals surface area (Å²) >= 11 is 3.47. The lowest BCUT2D eigenvalue weighted by molar-refractivity contribution is 0.412. The maximum atomic E-state index is 13.9. The number of likely N-dealkylation sites (N-methyl/N-ethyl adjacent to an activating group) is 1. The first kappa shape index (κ1) is 15.0. The van der Waals surface area contributed by atoms with Gasteiger partial charge in [0.05, 0.1) is 11.6 Å². The molecule has 0 aliphatic heterocycles. The first-order valence-electron chi connectivity index (χ1n) is 6.39. The Labute approximate surface area is 127 Å². The molecule has 0 radical (unpaired) electrons. The van der Waals surface area contributed by atoms with Gasteiger partial charge in [-0.3, -0.25) is 0 Å². The van der Waals surface area contributed by atoms with Crippen LogP contribution in [0.25, 0.3) is 0 Å². The minimum atomic E-state index is -0.181. The molecule has 0 aliphatic rings. The number of nitrogens with one attached hydrogen (secondary N) is 1. The Morgan fingerprint density at radius 2 is 2.00 bits per heavy atom. The van der Waals surface area contributed by atoms with Crippen molar-refractivity contribution in [3.63, 3.8) is 0 Å². The lowest BCUT2D eigenvalue weighted by Crippen LogP contribution is -2.20. The van der Waals surface area contributed by atoms with Gasteiger partial charge in [0.2, 0.25) is 0 Å². The molecule has 2 aromatic carbocycles. The maximum Gasteiger partial charge on any atom is 0.133 e. The zero-order chi connectivity index (χ0) is 14.5. The average molecular weight is 338 g/mol. The number of ether oxygens (including phenoxy) is 1. The van der Waals surface area contributed by atoms with Crippen LogP contribution in [-0.2, 0) is 6.42 Å². The second kappa shape index (κ2) is 6.86.